The van der Waals surface area contributed by atoms with Crippen molar-refractivity contribution in [3.05, 3.63) is 41.6 Å². The number of hydrogen-bond acceptors (Lipinski definition) is 3. The molecule has 3 rings (SSSR count). The quantitative estimate of drug-likeness (QED) is 0.758. The average Bonchev–Trinajstić information content (AvgIpc) is 3.02. The summed E-state index contributed by atoms with van der Waals surface area (Å²) in [5.74, 6) is -1.27. The molecule has 0 aliphatic carbocycles. The molecule has 5 nitrogen and oxygen atoms in total. The summed E-state index contributed by atoms with van der Waals surface area (Å²) in [4.78, 5) is 11.0. The zero-order chi connectivity index (χ0) is 15.2. The highest BCUT2D eigenvalue weighted by Gasteiger charge is 2.33. The molecule has 21 heavy (non-hydrogen) atoms. The topological polar surface area (TPSA) is 79.1 Å². The predicted molar refractivity (Wildman–Crippen MR) is 65.8 cm³/mol. The normalized spacial score (nSPS) is 12.0. The Bertz CT molecular complexity index is 833. The van der Waals surface area contributed by atoms with Crippen LogP contribution in [0.4, 0.5) is 13.2 Å². The third kappa shape index (κ3) is 2.14. The van der Waals surface area contributed by atoms with E-state index in [1.807, 2.05) is 0 Å². The van der Waals surface area contributed by atoms with Gasteiger partial charge in [0.1, 0.15) is 16.8 Å². The maximum Gasteiger partial charge on any atom is 0.417 e. The van der Waals surface area contributed by atoms with E-state index in [2.05, 4.69) is 10.2 Å². The number of rotatable bonds is 2. The van der Waals surface area contributed by atoms with Gasteiger partial charge in [-0.3, -0.25) is 5.10 Å². The van der Waals surface area contributed by atoms with E-state index >= 15 is 0 Å². The molecule has 0 unspecified atom stereocenters. The summed E-state index contributed by atoms with van der Waals surface area (Å²) in [7, 11) is 0. The monoisotopic (exact) mass is 296 g/mol. The molecule has 3 aromatic rings. The SMILES string of the molecule is O=C(O)c1cn[nH]c1-c1cc2c(C(F)(F)F)cccc2o1. The first-order chi connectivity index (χ1) is 9.88. The number of furan rings is 1. The second-order valence-electron chi connectivity index (χ2n) is 4.29. The lowest BCUT2D eigenvalue weighted by Gasteiger charge is -2.06. The Morgan fingerprint density at radius 3 is 2.76 bits per heavy atom. The van der Waals surface area contributed by atoms with E-state index in [-0.39, 0.29) is 28.0 Å². The number of H-pyrrole nitrogens is 1. The lowest BCUT2D eigenvalue weighted by molar-refractivity contribution is -0.136. The molecule has 0 saturated heterocycles. The molecule has 0 radical (unpaired) electrons. The lowest BCUT2D eigenvalue weighted by Crippen LogP contribution is -2.04. The molecule has 0 saturated carbocycles. The van der Waals surface area contributed by atoms with Crippen molar-refractivity contribution in [2.24, 2.45) is 0 Å². The van der Waals surface area contributed by atoms with Gasteiger partial charge in [-0.1, -0.05) is 6.07 Å². The number of aromatic carboxylic acids is 1. The van der Waals surface area contributed by atoms with Gasteiger partial charge >= 0.3 is 12.1 Å². The first-order valence-corrected chi connectivity index (χ1v) is 5.74. The molecule has 0 bridgehead atoms. The number of hydrogen-bond donors (Lipinski definition) is 2. The largest absolute Gasteiger partial charge is 0.478 e. The summed E-state index contributed by atoms with van der Waals surface area (Å²) in [6.07, 6.45) is -3.46. The first kappa shape index (κ1) is 13.2. The summed E-state index contributed by atoms with van der Waals surface area (Å²) in [6, 6.07) is 4.69. The molecular formula is C13H7F3N2O3. The van der Waals surface area contributed by atoms with E-state index in [1.54, 1.807) is 0 Å². The molecule has 0 spiro atoms. The molecule has 2 aromatic heterocycles. The number of carbonyl (C=O) groups is 1. The number of alkyl halides is 3. The lowest BCUT2D eigenvalue weighted by atomic mass is 10.1. The highest BCUT2D eigenvalue weighted by molar-refractivity contribution is 5.95. The van der Waals surface area contributed by atoms with Crippen molar-refractivity contribution in [2.75, 3.05) is 0 Å². The number of halogens is 3. The fraction of sp³-hybridized carbons (Fsp3) is 0.0769. The van der Waals surface area contributed by atoms with Crippen LogP contribution in [0.25, 0.3) is 22.4 Å². The molecule has 2 N–H and O–H groups in total. The Morgan fingerprint density at radius 1 is 1.33 bits per heavy atom. The van der Waals surface area contributed by atoms with Crippen LogP contribution in [0, 0.1) is 0 Å². The maximum absolute atomic E-state index is 12.9. The number of aromatic amines is 1. The number of benzene rings is 1. The van der Waals surface area contributed by atoms with Crippen molar-refractivity contribution in [3.63, 3.8) is 0 Å². The van der Waals surface area contributed by atoms with E-state index < -0.39 is 17.7 Å². The van der Waals surface area contributed by atoms with Crippen LogP contribution in [0.15, 0.2) is 34.9 Å². The van der Waals surface area contributed by atoms with Crippen molar-refractivity contribution in [3.8, 4) is 11.5 Å². The third-order valence-electron chi connectivity index (χ3n) is 2.98. The number of fused-ring (bicyclic) bond motifs is 1. The van der Waals surface area contributed by atoms with Gasteiger partial charge < -0.3 is 9.52 Å². The van der Waals surface area contributed by atoms with Gasteiger partial charge in [-0.25, -0.2) is 4.79 Å². The smallest absolute Gasteiger partial charge is 0.417 e. The molecule has 0 fully saturated rings. The zero-order valence-corrected chi connectivity index (χ0v) is 10.2. The molecule has 2 heterocycles. The Kier molecular flexibility index (Phi) is 2.75. The maximum atomic E-state index is 12.9. The van der Waals surface area contributed by atoms with Crippen LogP contribution in [0.2, 0.25) is 0 Å². The molecule has 1 aromatic carbocycles. The van der Waals surface area contributed by atoms with Crippen molar-refractivity contribution in [2.45, 2.75) is 6.18 Å². The predicted octanol–water partition coefficient (Wildman–Crippen LogP) is 3.54. The van der Waals surface area contributed by atoms with E-state index in [0.717, 1.165) is 18.3 Å². The zero-order valence-electron chi connectivity index (χ0n) is 10.2. The van der Waals surface area contributed by atoms with Crippen LogP contribution in [0.3, 0.4) is 0 Å². The fourth-order valence-corrected chi connectivity index (χ4v) is 2.07. The minimum atomic E-state index is -4.52. The summed E-state index contributed by atoms with van der Waals surface area (Å²) in [5, 5.41) is 14.8. The third-order valence-corrected chi connectivity index (χ3v) is 2.98. The first-order valence-electron chi connectivity index (χ1n) is 5.74. The van der Waals surface area contributed by atoms with E-state index in [1.165, 1.54) is 12.1 Å². The summed E-state index contributed by atoms with van der Waals surface area (Å²) >= 11 is 0. The van der Waals surface area contributed by atoms with Gasteiger partial charge in [0.25, 0.3) is 0 Å². The average molecular weight is 296 g/mol. The Labute approximate surface area is 115 Å². The van der Waals surface area contributed by atoms with Gasteiger partial charge in [-0.15, -0.1) is 0 Å². The fourth-order valence-electron chi connectivity index (χ4n) is 2.07. The Morgan fingerprint density at radius 2 is 2.10 bits per heavy atom. The van der Waals surface area contributed by atoms with Gasteiger partial charge in [0, 0.05) is 5.39 Å². The summed E-state index contributed by atoms with van der Waals surface area (Å²) in [6.45, 7) is 0. The molecule has 0 atom stereocenters. The second kappa shape index (κ2) is 4.37. The molecular weight excluding hydrogens is 289 g/mol. The van der Waals surface area contributed by atoms with Crippen molar-refractivity contribution < 1.29 is 27.5 Å². The highest BCUT2D eigenvalue weighted by Crippen LogP contribution is 2.38. The summed E-state index contributed by atoms with van der Waals surface area (Å²) < 4.78 is 44.1. The van der Waals surface area contributed by atoms with Crippen molar-refractivity contribution in [1.82, 2.24) is 10.2 Å². The van der Waals surface area contributed by atoms with Crippen LogP contribution in [-0.2, 0) is 6.18 Å². The second-order valence-corrected chi connectivity index (χ2v) is 4.29. The Hall–Kier alpha value is -2.77. The van der Waals surface area contributed by atoms with Crippen LogP contribution >= 0.6 is 0 Å². The molecule has 0 aliphatic rings. The number of nitrogens with zero attached hydrogens (tertiary/aromatic N) is 1. The summed E-state index contributed by atoms with van der Waals surface area (Å²) in [5.41, 5.74) is -0.980. The number of carboxylic acid groups (broad SMARTS) is 1. The molecule has 0 amide bonds. The standard InChI is InChI=1S/C13H7F3N2O3/c14-13(15,16)8-2-1-3-9-6(8)4-10(21-9)11-7(12(19)20)5-17-18-11/h1-5H,(H,17,18)(H,19,20). The molecule has 108 valence electrons. The van der Waals surface area contributed by atoms with Gasteiger partial charge in [0.15, 0.2) is 5.76 Å². The van der Waals surface area contributed by atoms with E-state index in [4.69, 9.17) is 9.52 Å². The van der Waals surface area contributed by atoms with E-state index in [9.17, 15) is 18.0 Å². The van der Waals surface area contributed by atoms with Crippen molar-refractivity contribution >= 4 is 16.9 Å². The van der Waals surface area contributed by atoms with Crippen LogP contribution in [-0.4, -0.2) is 21.3 Å². The minimum absolute atomic E-state index is 0.0170. The van der Waals surface area contributed by atoms with Crippen molar-refractivity contribution in [1.29, 1.82) is 0 Å². The number of nitrogens with one attached hydrogen (secondary N) is 1. The van der Waals surface area contributed by atoms with E-state index in [0.29, 0.717) is 0 Å². The van der Waals surface area contributed by atoms with Gasteiger partial charge in [0.05, 0.1) is 11.8 Å². The number of carboxylic acids is 1. The Balaban J connectivity index is 2.23. The number of aromatic nitrogens is 2. The van der Waals surface area contributed by atoms with Gasteiger partial charge in [-0.2, -0.15) is 18.3 Å². The minimum Gasteiger partial charge on any atom is -0.478 e. The molecule has 0 aliphatic heterocycles. The van der Waals surface area contributed by atoms with Crippen LogP contribution in [0.5, 0.6) is 0 Å². The van der Waals surface area contributed by atoms with Gasteiger partial charge in [0.2, 0.25) is 0 Å². The van der Waals surface area contributed by atoms with Crippen LogP contribution < -0.4 is 0 Å². The molecule has 8 heteroatoms. The highest BCUT2D eigenvalue weighted by atomic mass is 19.4. The van der Waals surface area contributed by atoms with Crippen LogP contribution in [0.1, 0.15) is 15.9 Å². The van der Waals surface area contributed by atoms with Gasteiger partial charge in [-0.05, 0) is 18.2 Å².